The van der Waals surface area contributed by atoms with E-state index in [-0.39, 0.29) is 5.69 Å². The number of nitrogens with zero attached hydrogens (tertiary/aromatic N) is 1. The Labute approximate surface area is 127 Å². The number of hydrogen-bond acceptors (Lipinski definition) is 4. The van der Waals surface area contributed by atoms with Gasteiger partial charge in [-0.15, -0.1) is 0 Å². The van der Waals surface area contributed by atoms with Crippen molar-refractivity contribution < 1.29 is 26.4 Å². The van der Waals surface area contributed by atoms with Crippen LogP contribution in [0.15, 0.2) is 35.5 Å². The van der Waals surface area contributed by atoms with Crippen molar-refractivity contribution in [1.82, 2.24) is 4.98 Å². The van der Waals surface area contributed by atoms with E-state index in [0.717, 1.165) is 24.4 Å². The van der Waals surface area contributed by atoms with E-state index in [4.69, 9.17) is 10.7 Å². The third kappa shape index (κ3) is 3.37. The van der Waals surface area contributed by atoms with Crippen LogP contribution in [0.25, 0.3) is 0 Å². The third-order valence-corrected chi connectivity index (χ3v) is 3.74. The van der Waals surface area contributed by atoms with E-state index in [1.165, 1.54) is 0 Å². The maximum absolute atomic E-state index is 13.4. The van der Waals surface area contributed by atoms with Crippen LogP contribution in [0, 0.1) is 17.5 Å². The minimum atomic E-state index is -4.02. The molecule has 0 radical (unpaired) electrons. The second kappa shape index (κ2) is 5.93. The van der Waals surface area contributed by atoms with Crippen LogP contribution in [-0.2, 0) is 9.05 Å². The van der Waals surface area contributed by atoms with Gasteiger partial charge in [0.25, 0.3) is 15.0 Å². The molecule has 2 aromatic rings. The van der Waals surface area contributed by atoms with Crippen LogP contribution in [0.2, 0.25) is 0 Å². The first-order valence-electron chi connectivity index (χ1n) is 5.55. The Bertz CT molecular complexity index is 841. The number of rotatable bonds is 3. The van der Waals surface area contributed by atoms with E-state index in [2.05, 4.69) is 10.3 Å². The number of aromatic nitrogens is 1. The highest BCUT2D eigenvalue weighted by atomic mass is 35.7. The van der Waals surface area contributed by atoms with Gasteiger partial charge >= 0.3 is 0 Å². The smallest absolute Gasteiger partial charge is 0.278 e. The first kappa shape index (κ1) is 16.2. The first-order valence-corrected chi connectivity index (χ1v) is 7.86. The highest BCUT2D eigenvalue weighted by molar-refractivity contribution is 8.13. The van der Waals surface area contributed by atoms with E-state index >= 15 is 0 Å². The number of hydrogen-bond donors (Lipinski definition) is 1. The molecule has 0 saturated carbocycles. The van der Waals surface area contributed by atoms with Crippen molar-refractivity contribution in [2.75, 3.05) is 5.32 Å². The van der Waals surface area contributed by atoms with Crippen LogP contribution in [0.3, 0.4) is 0 Å². The molecule has 0 spiro atoms. The van der Waals surface area contributed by atoms with Crippen LogP contribution in [-0.4, -0.2) is 19.3 Å². The molecule has 1 N–H and O–H groups in total. The Hall–Kier alpha value is -2.13. The molecule has 0 aliphatic carbocycles. The van der Waals surface area contributed by atoms with Gasteiger partial charge in [-0.1, -0.05) is 0 Å². The Balaban J connectivity index is 2.24. The lowest BCUT2D eigenvalue weighted by molar-refractivity contribution is 0.102. The lowest BCUT2D eigenvalue weighted by Crippen LogP contribution is -2.15. The molecule has 0 saturated heterocycles. The highest BCUT2D eigenvalue weighted by Gasteiger charge is 2.19. The molecule has 1 aromatic carbocycles. The van der Waals surface area contributed by atoms with Crippen LogP contribution >= 0.6 is 10.7 Å². The number of amides is 1. The molecule has 10 heteroatoms. The van der Waals surface area contributed by atoms with Crippen molar-refractivity contribution in [2.24, 2.45) is 0 Å². The summed E-state index contributed by atoms with van der Waals surface area (Å²) in [5.41, 5.74) is -0.703. The average molecular weight is 351 g/mol. The van der Waals surface area contributed by atoms with Crippen LogP contribution < -0.4 is 5.32 Å². The van der Waals surface area contributed by atoms with Crippen LogP contribution in [0.4, 0.5) is 18.9 Å². The molecule has 116 valence electrons. The van der Waals surface area contributed by atoms with E-state index < -0.39 is 43.0 Å². The molecule has 2 rings (SSSR count). The molecule has 0 aliphatic rings. The molecule has 0 unspecified atom stereocenters. The van der Waals surface area contributed by atoms with Gasteiger partial charge in [0.1, 0.15) is 0 Å². The normalized spacial score (nSPS) is 11.3. The summed E-state index contributed by atoms with van der Waals surface area (Å²) in [6, 6.07) is 3.54. The highest BCUT2D eigenvalue weighted by Crippen LogP contribution is 2.18. The Morgan fingerprint density at radius 2 is 1.77 bits per heavy atom. The zero-order valence-corrected chi connectivity index (χ0v) is 12.1. The van der Waals surface area contributed by atoms with Gasteiger partial charge in [-0.2, -0.15) is 0 Å². The van der Waals surface area contributed by atoms with Gasteiger partial charge in [-0.05, 0) is 24.3 Å². The second-order valence-electron chi connectivity index (χ2n) is 4.00. The predicted molar refractivity (Wildman–Crippen MR) is 71.5 cm³/mol. The SMILES string of the molecule is O=C(Nc1ccc(S(=O)(=O)Cl)nc1)c1ccc(F)c(F)c1F. The van der Waals surface area contributed by atoms with Gasteiger partial charge < -0.3 is 5.32 Å². The topological polar surface area (TPSA) is 76.1 Å². The van der Waals surface area contributed by atoms with E-state index in [1.807, 2.05) is 0 Å². The Morgan fingerprint density at radius 1 is 1.09 bits per heavy atom. The molecule has 0 bridgehead atoms. The second-order valence-corrected chi connectivity index (χ2v) is 6.51. The number of benzene rings is 1. The van der Waals surface area contributed by atoms with Gasteiger partial charge in [0.05, 0.1) is 17.4 Å². The Kier molecular flexibility index (Phi) is 4.38. The maximum Gasteiger partial charge on any atom is 0.278 e. The zero-order valence-electron chi connectivity index (χ0n) is 10.5. The van der Waals surface area contributed by atoms with Crippen LogP contribution in [0.5, 0.6) is 0 Å². The van der Waals surface area contributed by atoms with Gasteiger partial charge in [0, 0.05) is 10.7 Å². The van der Waals surface area contributed by atoms with Crippen molar-refractivity contribution in [3.63, 3.8) is 0 Å². The number of halogens is 4. The summed E-state index contributed by atoms with van der Waals surface area (Å²) in [6.07, 6.45) is 0.963. The Morgan fingerprint density at radius 3 is 2.32 bits per heavy atom. The van der Waals surface area contributed by atoms with E-state index in [1.54, 1.807) is 0 Å². The number of anilines is 1. The standard InChI is InChI=1S/C12H6ClF3N2O3S/c13-22(20,21)9-4-1-6(5-17-9)18-12(19)7-2-3-8(14)11(16)10(7)15/h1-5H,(H,18,19). The molecular weight excluding hydrogens is 345 g/mol. The van der Waals surface area contributed by atoms with Crippen molar-refractivity contribution in [3.05, 3.63) is 53.5 Å². The van der Waals surface area contributed by atoms with Gasteiger partial charge in [0.15, 0.2) is 22.5 Å². The van der Waals surface area contributed by atoms with Gasteiger partial charge in [0.2, 0.25) is 0 Å². The van der Waals surface area contributed by atoms with E-state index in [9.17, 15) is 26.4 Å². The zero-order chi connectivity index (χ0) is 16.5. The number of carbonyl (C=O) groups is 1. The number of nitrogens with one attached hydrogen (secondary N) is 1. The quantitative estimate of drug-likeness (QED) is 0.682. The van der Waals surface area contributed by atoms with Crippen molar-refractivity contribution in [1.29, 1.82) is 0 Å². The first-order chi connectivity index (χ1) is 10.2. The largest absolute Gasteiger partial charge is 0.320 e. The molecule has 0 aliphatic heterocycles. The summed E-state index contributed by atoms with van der Waals surface area (Å²) in [6.45, 7) is 0. The fourth-order valence-corrected chi connectivity index (χ4v) is 2.18. The third-order valence-electron chi connectivity index (χ3n) is 2.52. The summed E-state index contributed by atoms with van der Waals surface area (Å²) in [5, 5.41) is 1.72. The minimum absolute atomic E-state index is 0.0122. The minimum Gasteiger partial charge on any atom is -0.320 e. The molecule has 22 heavy (non-hydrogen) atoms. The molecule has 0 atom stereocenters. The van der Waals surface area contributed by atoms with Crippen molar-refractivity contribution >= 4 is 31.3 Å². The van der Waals surface area contributed by atoms with Gasteiger partial charge in [-0.25, -0.2) is 26.6 Å². The van der Waals surface area contributed by atoms with Crippen molar-refractivity contribution in [3.8, 4) is 0 Å². The summed E-state index contributed by atoms with van der Waals surface area (Å²) >= 11 is 0. The monoisotopic (exact) mass is 350 g/mol. The fourth-order valence-electron chi connectivity index (χ4n) is 1.50. The lowest BCUT2D eigenvalue weighted by Gasteiger charge is -2.07. The average Bonchev–Trinajstić information content (AvgIpc) is 2.44. The summed E-state index contributed by atoms with van der Waals surface area (Å²) in [4.78, 5) is 15.3. The summed E-state index contributed by atoms with van der Waals surface area (Å²) in [5.74, 6) is -5.88. The number of carbonyl (C=O) groups excluding carboxylic acids is 1. The molecule has 1 amide bonds. The molecule has 5 nitrogen and oxygen atoms in total. The predicted octanol–water partition coefficient (Wildman–Crippen LogP) is 2.68. The van der Waals surface area contributed by atoms with Gasteiger partial charge in [-0.3, -0.25) is 4.79 Å². The molecular formula is C12H6ClF3N2O3S. The molecule has 1 aromatic heterocycles. The summed E-state index contributed by atoms with van der Waals surface area (Å²) < 4.78 is 61.3. The lowest BCUT2D eigenvalue weighted by atomic mass is 10.2. The van der Waals surface area contributed by atoms with E-state index in [0.29, 0.717) is 6.07 Å². The summed E-state index contributed by atoms with van der Waals surface area (Å²) in [7, 11) is 1.04. The number of pyridine rings is 1. The maximum atomic E-state index is 13.4. The molecule has 1 heterocycles. The fraction of sp³-hybridized carbons (Fsp3) is 0. The van der Waals surface area contributed by atoms with Crippen molar-refractivity contribution in [2.45, 2.75) is 5.03 Å². The molecule has 0 fully saturated rings. The van der Waals surface area contributed by atoms with Crippen LogP contribution in [0.1, 0.15) is 10.4 Å².